The van der Waals surface area contributed by atoms with Crippen LogP contribution < -0.4 is 40.0 Å². The van der Waals surface area contributed by atoms with Crippen LogP contribution >= 0.6 is 11.8 Å². The van der Waals surface area contributed by atoms with Crippen LogP contribution in [0.2, 0.25) is 0 Å². The molecule has 0 bridgehead atoms. The molecule has 1 aliphatic carbocycles. The normalized spacial score (nSPS) is 25.2. The summed E-state index contributed by atoms with van der Waals surface area (Å²) in [6.07, 6.45) is 6.90. The number of carboxylic acids is 1. The Hall–Kier alpha value is -1.12. The van der Waals surface area contributed by atoms with Crippen molar-refractivity contribution >= 4 is 29.2 Å². The Morgan fingerprint density at radius 2 is 2.14 bits per heavy atom. The van der Waals surface area contributed by atoms with Crippen LogP contribution in [0.4, 0.5) is 11.5 Å². The van der Waals surface area contributed by atoms with Crippen LogP contribution in [0, 0.1) is 11.3 Å². The fraction of sp³-hybridized carbons (Fsp3) is 0.450. The molecule has 1 spiro atoms. The first-order valence-electron chi connectivity index (χ1n) is 9.40. The average molecular weight is 404 g/mol. The number of hydrogen-bond donors (Lipinski definition) is 1. The van der Waals surface area contributed by atoms with Crippen LogP contribution in [-0.2, 0) is 11.3 Å². The van der Waals surface area contributed by atoms with E-state index in [1.807, 2.05) is 0 Å². The van der Waals surface area contributed by atoms with E-state index in [9.17, 15) is 9.90 Å². The molecule has 0 atom stereocenters. The van der Waals surface area contributed by atoms with E-state index in [1.54, 1.807) is 24.2 Å². The Balaban J connectivity index is 0.00000192. The Morgan fingerprint density at radius 1 is 1.32 bits per heavy atom. The van der Waals surface area contributed by atoms with Gasteiger partial charge in [-0.1, -0.05) is 17.8 Å². The van der Waals surface area contributed by atoms with Crippen molar-refractivity contribution in [3.05, 3.63) is 36.2 Å². The molecule has 5 rings (SSSR count). The molecule has 1 aromatic carbocycles. The summed E-state index contributed by atoms with van der Waals surface area (Å²) in [7, 11) is 0. The van der Waals surface area contributed by atoms with E-state index >= 15 is 0 Å². The zero-order valence-corrected chi connectivity index (χ0v) is 18.8. The summed E-state index contributed by atoms with van der Waals surface area (Å²) in [6, 6.07) is 6.56. The van der Waals surface area contributed by atoms with Gasteiger partial charge in [0.1, 0.15) is 5.03 Å². The standard InChI is InChI=1S/C20H22N4O2S.Na/c25-17(26)8-14-9-20(10-14)3-6-24(12-20)11-13-1-2-16-15(7-13)23-18-19(27-16)22-5-4-21-18;/h1-2,4-5,7,14H,3,6,8-12H2,(H,21,23)(H,25,26);/q;+1/p-1. The molecule has 1 saturated heterocycles. The maximum Gasteiger partial charge on any atom is 1.00 e. The van der Waals surface area contributed by atoms with Crippen LogP contribution in [0.5, 0.6) is 0 Å². The second kappa shape index (κ2) is 7.95. The largest absolute Gasteiger partial charge is 1.00 e. The molecule has 1 N–H and O–H groups in total. The summed E-state index contributed by atoms with van der Waals surface area (Å²) < 4.78 is 0. The molecule has 0 radical (unpaired) electrons. The first-order chi connectivity index (χ1) is 13.1. The third-order valence-corrected chi connectivity index (χ3v) is 7.06. The molecule has 1 aromatic heterocycles. The van der Waals surface area contributed by atoms with E-state index in [0.717, 1.165) is 49.0 Å². The molecule has 8 heteroatoms. The topological polar surface area (TPSA) is 81.2 Å². The number of fused-ring (bicyclic) bond motifs is 2. The number of likely N-dealkylation sites (tertiary alicyclic amines) is 1. The number of nitrogens with zero attached hydrogens (tertiary/aromatic N) is 3. The van der Waals surface area contributed by atoms with Gasteiger partial charge in [0.2, 0.25) is 0 Å². The number of carbonyl (C=O) groups is 1. The number of benzene rings is 1. The molecular weight excluding hydrogens is 383 g/mol. The maximum absolute atomic E-state index is 10.8. The molecule has 28 heavy (non-hydrogen) atoms. The van der Waals surface area contributed by atoms with Gasteiger partial charge in [-0.2, -0.15) is 0 Å². The van der Waals surface area contributed by atoms with Gasteiger partial charge < -0.3 is 15.2 Å². The van der Waals surface area contributed by atoms with Gasteiger partial charge in [0.05, 0.1) is 5.69 Å². The van der Waals surface area contributed by atoms with Gasteiger partial charge >= 0.3 is 29.6 Å². The molecule has 2 fully saturated rings. The molecule has 0 amide bonds. The molecule has 140 valence electrons. The van der Waals surface area contributed by atoms with Crippen molar-refractivity contribution in [2.45, 2.75) is 42.1 Å². The molecular formula is C20H21N4NaO2S. The van der Waals surface area contributed by atoms with Crippen LogP contribution in [0.3, 0.4) is 0 Å². The number of anilines is 2. The van der Waals surface area contributed by atoms with Gasteiger partial charge in [0.25, 0.3) is 0 Å². The fourth-order valence-corrected chi connectivity index (χ4v) is 5.76. The van der Waals surface area contributed by atoms with Crippen molar-refractivity contribution in [3.63, 3.8) is 0 Å². The molecule has 0 unspecified atom stereocenters. The number of carboxylic acid groups (broad SMARTS) is 1. The van der Waals surface area contributed by atoms with E-state index in [4.69, 9.17) is 0 Å². The fourth-order valence-electron chi connectivity index (χ4n) is 4.88. The number of nitrogens with one attached hydrogen (secondary N) is 1. The average Bonchev–Trinajstić information content (AvgIpc) is 3.03. The van der Waals surface area contributed by atoms with Gasteiger partial charge in [-0.3, -0.25) is 4.90 Å². The zero-order valence-electron chi connectivity index (χ0n) is 16.0. The summed E-state index contributed by atoms with van der Waals surface area (Å²) in [5.41, 5.74) is 2.73. The SMILES string of the molecule is O=C([O-])CC1CC2(CCN(Cc3ccc4c(c3)Nc3nccnc3S4)C2)C1.[Na+]. The van der Waals surface area contributed by atoms with Crippen molar-refractivity contribution in [2.75, 3.05) is 18.4 Å². The first kappa shape index (κ1) is 20.2. The Morgan fingerprint density at radius 3 is 2.96 bits per heavy atom. The van der Waals surface area contributed by atoms with Gasteiger partial charge in [-0.25, -0.2) is 9.97 Å². The van der Waals surface area contributed by atoms with Crippen molar-refractivity contribution in [1.29, 1.82) is 0 Å². The summed E-state index contributed by atoms with van der Waals surface area (Å²) in [5.74, 6) is 0.234. The summed E-state index contributed by atoms with van der Waals surface area (Å²) in [6.45, 7) is 3.09. The van der Waals surface area contributed by atoms with Crippen molar-refractivity contribution < 1.29 is 39.5 Å². The molecule has 6 nitrogen and oxygen atoms in total. The first-order valence-corrected chi connectivity index (χ1v) is 10.2. The van der Waals surface area contributed by atoms with E-state index < -0.39 is 5.97 Å². The van der Waals surface area contributed by atoms with Crippen LogP contribution in [-0.4, -0.2) is 33.9 Å². The third-order valence-electron chi connectivity index (χ3n) is 5.99. The van der Waals surface area contributed by atoms with Crippen LogP contribution in [0.15, 0.2) is 40.5 Å². The van der Waals surface area contributed by atoms with Gasteiger partial charge in [-0.15, -0.1) is 0 Å². The molecule has 3 aliphatic rings. The predicted molar refractivity (Wildman–Crippen MR) is 101 cm³/mol. The molecule has 1 saturated carbocycles. The second-order valence-corrected chi connectivity index (χ2v) is 9.11. The second-order valence-electron chi connectivity index (χ2n) is 8.08. The summed E-state index contributed by atoms with van der Waals surface area (Å²) >= 11 is 1.65. The maximum atomic E-state index is 10.8. The smallest absolute Gasteiger partial charge is 0.550 e. The van der Waals surface area contributed by atoms with Gasteiger partial charge in [-0.05, 0) is 61.3 Å². The van der Waals surface area contributed by atoms with Crippen LogP contribution in [0.25, 0.3) is 0 Å². The number of rotatable bonds is 4. The van der Waals surface area contributed by atoms with E-state index in [-0.39, 0.29) is 36.0 Å². The van der Waals surface area contributed by atoms with Crippen molar-refractivity contribution in [1.82, 2.24) is 14.9 Å². The van der Waals surface area contributed by atoms with Crippen molar-refractivity contribution in [2.24, 2.45) is 11.3 Å². The minimum absolute atomic E-state index is 0. The Bertz CT molecular complexity index is 904. The third kappa shape index (κ3) is 3.96. The number of carbonyl (C=O) groups excluding carboxylic acids is 1. The Labute approximate surface area is 190 Å². The van der Waals surface area contributed by atoms with Gasteiger partial charge in [0.15, 0.2) is 5.82 Å². The summed E-state index contributed by atoms with van der Waals surface area (Å²) in [4.78, 5) is 23.2. The monoisotopic (exact) mass is 404 g/mol. The van der Waals surface area contributed by atoms with Crippen LogP contribution in [0.1, 0.15) is 31.2 Å². The van der Waals surface area contributed by atoms with E-state index in [2.05, 4.69) is 38.4 Å². The molecule has 2 aromatic rings. The number of aromatic nitrogens is 2. The quantitative estimate of drug-likeness (QED) is 0.584. The van der Waals surface area contributed by atoms with Gasteiger partial charge in [0, 0.05) is 36.3 Å². The predicted octanol–water partition coefficient (Wildman–Crippen LogP) is -0.569. The number of aliphatic carboxylic acids is 1. The van der Waals surface area contributed by atoms with E-state index in [0.29, 0.717) is 11.3 Å². The number of hydrogen-bond acceptors (Lipinski definition) is 7. The summed E-state index contributed by atoms with van der Waals surface area (Å²) in [5, 5.41) is 15.1. The molecule has 3 heterocycles. The van der Waals surface area contributed by atoms with Crippen molar-refractivity contribution in [3.8, 4) is 0 Å². The zero-order chi connectivity index (χ0) is 18.4. The minimum Gasteiger partial charge on any atom is -0.550 e. The molecule has 2 aliphatic heterocycles. The minimum atomic E-state index is -0.907. The Kier molecular flexibility index (Phi) is 5.73. The van der Waals surface area contributed by atoms with E-state index in [1.165, 1.54) is 16.9 Å².